The zero-order valence-electron chi connectivity index (χ0n) is 8.03. The monoisotopic (exact) mass is 191 g/mol. The maximum Gasteiger partial charge on any atom is 0.311 e. The highest BCUT2D eigenvalue weighted by Gasteiger charge is 2.28. The van der Waals surface area contributed by atoms with E-state index in [1.807, 2.05) is 31.2 Å². The van der Waals surface area contributed by atoms with Gasteiger partial charge in [-0.05, 0) is 25.0 Å². The van der Waals surface area contributed by atoms with Crippen molar-refractivity contribution >= 4 is 11.7 Å². The van der Waals surface area contributed by atoms with E-state index in [9.17, 15) is 4.79 Å². The molecule has 1 aliphatic heterocycles. The number of aliphatic carboxylic acids is 1. The molecule has 0 bridgehead atoms. The lowest BCUT2D eigenvalue weighted by Crippen LogP contribution is -2.29. The molecule has 2 rings (SSSR count). The highest BCUT2D eigenvalue weighted by molar-refractivity contribution is 5.80. The Morgan fingerprint density at radius 1 is 1.50 bits per heavy atom. The van der Waals surface area contributed by atoms with Crippen LogP contribution in [-0.2, 0) is 4.79 Å². The predicted octanol–water partition coefficient (Wildman–Crippen LogP) is 2.06. The summed E-state index contributed by atoms with van der Waals surface area (Å²) in [5, 5.41) is 12.4. The van der Waals surface area contributed by atoms with Gasteiger partial charge in [0.2, 0.25) is 0 Å². The molecule has 1 heterocycles. The largest absolute Gasteiger partial charge is 0.481 e. The van der Waals surface area contributed by atoms with Crippen molar-refractivity contribution in [1.29, 1.82) is 0 Å². The number of nitrogens with one attached hydrogen (secondary N) is 1. The minimum absolute atomic E-state index is 0.228. The molecule has 1 aromatic rings. The number of benzene rings is 1. The summed E-state index contributed by atoms with van der Waals surface area (Å²) in [6, 6.07) is 7.84. The summed E-state index contributed by atoms with van der Waals surface area (Å²) >= 11 is 0. The standard InChI is InChI=1S/C11H13NO2/c1-7-6-9(11(13)14)8-4-2-3-5-10(8)12-7/h2-5,7,9,12H,6H2,1H3,(H,13,14)/t7-,9-/m0/s1. The molecule has 0 radical (unpaired) electrons. The average molecular weight is 191 g/mol. The van der Waals surface area contributed by atoms with Crippen molar-refractivity contribution in [1.82, 2.24) is 0 Å². The first kappa shape index (κ1) is 9.06. The molecule has 1 aliphatic rings. The number of anilines is 1. The van der Waals surface area contributed by atoms with E-state index in [-0.39, 0.29) is 12.0 Å². The number of rotatable bonds is 1. The van der Waals surface area contributed by atoms with Gasteiger partial charge in [-0.25, -0.2) is 0 Å². The maximum atomic E-state index is 11.0. The summed E-state index contributed by atoms with van der Waals surface area (Å²) in [5.74, 6) is -1.09. The number of fused-ring (bicyclic) bond motifs is 1. The molecule has 0 aromatic heterocycles. The molecule has 0 saturated carbocycles. The third-order valence-corrected chi connectivity index (χ3v) is 2.63. The van der Waals surface area contributed by atoms with Gasteiger partial charge in [-0.3, -0.25) is 4.79 Å². The van der Waals surface area contributed by atoms with Gasteiger partial charge >= 0.3 is 5.97 Å². The van der Waals surface area contributed by atoms with Crippen molar-refractivity contribution in [2.24, 2.45) is 0 Å². The second-order valence-electron chi connectivity index (χ2n) is 3.76. The Balaban J connectivity index is 2.43. The van der Waals surface area contributed by atoms with Crippen molar-refractivity contribution < 1.29 is 9.90 Å². The van der Waals surface area contributed by atoms with E-state index < -0.39 is 5.97 Å². The Kier molecular flexibility index (Phi) is 2.15. The van der Waals surface area contributed by atoms with Crippen LogP contribution < -0.4 is 5.32 Å². The molecule has 0 unspecified atom stereocenters. The molecule has 74 valence electrons. The maximum absolute atomic E-state index is 11.0. The van der Waals surface area contributed by atoms with Gasteiger partial charge in [0, 0.05) is 11.7 Å². The van der Waals surface area contributed by atoms with Gasteiger partial charge in [0.05, 0.1) is 5.92 Å². The Morgan fingerprint density at radius 2 is 2.21 bits per heavy atom. The molecule has 3 nitrogen and oxygen atoms in total. The van der Waals surface area contributed by atoms with Gasteiger partial charge in [-0.1, -0.05) is 18.2 Å². The Morgan fingerprint density at radius 3 is 2.93 bits per heavy atom. The molecule has 14 heavy (non-hydrogen) atoms. The second-order valence-corrected chi connectivity index (χ2v) is 3.76. The predicted molar refractivity (Wildman–Crippen MR) is 54.5 cm³/mol. The number of hydrogen-bond acceptors (Lipinski definition) is 2. The molecule has 0 aliphatic carbocycles. The van der Waals surface area contributed by atoms with Crippen LogP contribution >= 0.6 is 0 Å². The molecule has 3 heteroatoms. The SMILES string of the molecule is C[C@H]1C[C@H](C(=O)O)c2ccccc2N1. The van der Waals surface area contributed by atoms with Gasteiger partial charge in [0.25, 0.3) is 0 Å². The van der Waals surface area contributed by atoms with Crippen molar-refractivity contribution in [3.05, 3.63) is 29.8 Å². The molecule has 0 amide bonds. The zero-order valence-corrected chi connectivity index (χ0v) is 8.03. The van der Waals surface area contributed by atoms with E-state index in [1.54, 1.807) is 0 Å². The molecule has 2 atom stereocenters. The van der Waals surface area contributed by atoms with Gasteiger partial charge in [-0.15, -0.1) is 0 Å². The third kappa shape index (κ3) is 1.45. The second kappa shape index (κ2) is 3.33. The van der Waals surface area contributed by atoms with Gasteiger partial charge in [0.15, 0.2) is 0 Å². The lowest BCUT2D eigenvalue weighted by molar-refractivity contribution is -0.139. The average Bonchev–Trinajstić information content (AvgIpc) is 2.16. The minimum Gasteiger partial charge on any atom is -0.481 e. The van der Waals surface area contributed by atoms with Crippen LogP contribution in [0.15, 0.2) is 24.3 Å². The van der Waals surface area contributed by atoms with Crippen LogP contribution in [0.1, 0.15) is 24.8 Å². The van der Waals surface area contributed by atoms with Crippen LogP contribution in [0, 0.1) is 0 Å². The van der Waals surface area contributed by atoms with E-state index >= 15 is 0 Å². The highest BCUT2D eigenvalue weighted by atomic mass is 16.4. The molecular formula is C11H13NO2. The molecule has 0 spiro atoms. The fraction of sp³-hybridized carbons (Fsp3) is 0.364. The van der Waals surface area contributed by atoms with Crippen molar-refractivity contribution in [2.45, 2.75) is 25.3 Å². The fourth-order valence-electron chi connectivity index (χ4n) is 1.97. The van der Waals surface area contributed by atoms with Gasteiger partial charge in [-0.2, -0.15) is 0 Å². The Labute approximate surface area is 82.8 Å². The summed E-state index contributed by atoms with van der Waals surface area (Å²) < 4.78 is 0. The summed E-state index contributed by atoms with van der Waals surface area (Å²) in [6.07, 6.45) is 0.659. The van der Waals surface area contributed by atoms with E-state index in [2.05, 4.69) is 5.32 Å². The van der Waals surface area contributed by atoms with Crippen LogP contribution in [0.3, 0.4) is 0 Å². The fourth-order valence-corrected chi connectivity index (χ4v) is 1.97. The lowest BCUT2D eigenvalue weighted by Gasteiger charge is -2.28. The molecule has 2 N–H and O–H groups in total. The zero-order chi connectivity index (χ0) is 10.1. The quantitative estimate of drug-likeness (QED) is 0.714. The van der Waals surface area contributed by atoms with Crippen LogP contribution in [-0.4, -0.2) is 17.1 Å². The smallest absolute Gasteiger partial charge is 0.311 e. The molecule has 0 fully saturated rings. The minimum atomic E-state index is -0.731. The van der Waals surface area contributed by atoms with Crippen LogP contribution in [0.2, 0.25) is 0 Å². The summed E-state index contributed by atoms with van der Waals surface area (Å²) in [4.78, 5) is 11.0. The normalized spacial score (nSPS) is 24.9. The van der Waals surface area contributed by atoms with E-state index in [1.165, 1.54) is 0 Å². The summed E-state index contributed by atoms with van der Waals surface area (Å²) in [5.41, 5.74) is 1.86. The molecule has 0 saturated heterocycles. The third-order valence-electron chi connectivity index (χ3n) is 2.63. The number of carboxylic acid groups (broad SMARTS) is 1. The van der Waals surface area contributed by atoms with Gasteiger partial charge < -0.3 is 10.4 Å². The summed E-state index contributed by atoms with van der Waals surface area (Å²) in [6.45, 7) is 2.01. The summed E-state index contributed by atoms with van der Waals surface area (Å²) in [7, 11) is 0. The number of para-hydroxylation sites is 1. The van der Waals surface area contributed by atoms with Crippen LogP contribution in [0.25, 0.3) is 0 Å². The van der Waals surface area contributed by atoms with Gasteiger partial charge in [0.1, 0.15) is 0 Å². The van der Waals surface area contributed by atoms with Crippen molar-refractivity contribution in [3.63, 3.8) is 0 Å². The lowest BCUT2D eigenvalue weighted by atomic mass is 9.88. The first-order chi connectivity index (χ1) is 6.68. The van der Waals surface area contributed by atoms with E-state index in [0.29, 0.717) is 6.42 Å². The number of carbonyl (C=O) groups is 1. The van der Waals surface area contributed by atoms with E-state index in [0.717, 1.165) is 11.3 Å². The topological polar surface area (TPSA) is 49.3 Å². The van der Waals surface area contributed by atoms with Crippen LogP contribution in [0.4, 0.5) is 5.69 Å². The first-order valence-corrected chi connectivity index (χ1v) is 4.76. The number of hydrogen-bond donors (Lipinski definition) is 2. The number of carboxylic acids is 1. The van der Waals surface area contributed by atoms with Crippen molar-refractivity contribution in [3.8, 4) is 0 Å². The van der Waals surface area contributed by atoms with Crippen LogP contribution in [0.5, 0.6) is 0 Å². The molecule has 1 aromatic carbocycles. The molecular weight excluding hydrogens is 178 g/mol. The Hall–Kier alpha value is -1.51. The van der Waals surface area contributed by atoms with E-state index in [4.69, 9.17) is 5.11 Å². The highest BCUT2D eigenvalue weighted by Crippen LogP contribution is 2.33. The van der Waals surface area contributed by atoms with Crippen molar-refractivity contribution in [2.75, 3.05) is 5.32 Å². The Bertz CT molecular complexity index is 362. The first-order valence-electron chi connectivity index (χ1n) is 4.76.